The maximum absolute atomic E-state index is 12.7. The summed E-state index contributed by atoms with van der Waals surface area (Å²) in [5.41, 5.74) is 0. The van der Waals surface area contributed by atoms with Gasteiger partial charge in [0.05, 0.1) is 37.4 Å². The van der Waals surface area contributed by atoms with Crippen molar-refractivity contribution >= 4 is 11.9 Å². The molecule has 1 amide bonds. The number of nitrogens with zero attached hydrogens (tertiary/aromatic N) is 1. The van der Waals surface area contributed by atoms with E-state index in [-0.39, 0.29) is 43.2 Å². The molecule has 2 heterocycles. The van der Waals surface area contributed by atoms with E-state index >= 15 is 0 Å². The Morgan fingerprint density at radius 1 is 1.15 bits per heavy atom. The number of carbonyl (C=O) groups excluding carboxylic acids is 1. The van der Waals surface area contributed by atoms with Gasteiger partial charge in [0.25, 0.3) is 0 Å². The molecule has 6 atom stereocenters. The Bertz CT molecular complexity index is 399. The number of carbonyl (C=O) groups is 2. The van der Waals surface area contributed by atoms with Gasteiger partial charge < -0.3 is 19.5 Å². The second-order valence-electron chi connectivity index (χ2n) is 5.93. The summed E-state index contributed by atoms with van der Waals surface area (Å²) in [5, 5.41) is 9.18. The average Bonchev–Trinajstić information content (AvgIpc) is 2.94. The van der Waals surface area contributed by atoms with E-state index in [0.29, 0.717) is 0 Å². The molecule has 2 saturated heterocycles. The van der Waals surface area contributed by atoms with Crippen molar-refractivity contribution < 1.29 is 24.2 Å². The van der Waals surface area contributed by atoms with Gasteiger partial charge in [-0.25, -0.2) is 0 Å². The first-order valence-electron chi connectivity index (χ1n) is 7.07. The van der Waals surface area contributed by atoms with Gasteiger partial charge in [0.15, 0.2) is 0 Å². The third kappa shape index (κ3) is 2.54. The molecule has 0 bridgehead atoms. The van der Waals surface area contributed by atoms with Gasteiger partial charge >= 0.3 is 5.97 Å². The first-order chi connectivity index (χ1) is 9.34. The molecule has 6 unspecified atom stereocenters. The van der Waals surface area contributed by atoms with Crippen molar-refractivity contribution in [1.29, 1.82) is 0 Å². The summed E-state index contributed by atoms with van der Waals surface area (Å²) >= 11 is 0. The molecule has 2 aliphatic rings. The monoisotopic (exact) mass is 285 g/mol. The molecule has 6 heteroatoms. The fraction of sp³-hybridized carbons (Fsp3) is 0.857. The molecule has 114 valence electrons. The molecule has 0 aliphatic carbocycles. The number of rotatable bonds is 3. The van der Waals surface area contributed by atoms with Crippen LogP contribution in [0.15, 0.2) is 0 Å². The van der Waals surface area contributed by atoms with Crippen molar-refractivity contribution in [2.75, 3.05) is 20.3 Å². The van der Waals surface area contributed by atoms with Crippen LogP contribution in [0.2, 0.25) is 0 Å². The van der Waals surface area contributed by atoms with E-state index in [1.165, 1.54) is 0 Å². The van der Waals surface area contributed by atoms with Crippen LogP contribution in [0, 0.1) is 17.8 Å². The molecule has 0 saturated carbocycles. The van der Waals surface area contributed by atoms with Gasteiger partial charge in [-0.1, -0.05) is 6.92 Å². The Balaban J connectivity index is 2.10. The molecule has 2 aliphatic heterocycles. The predicted octanol–water partition coefficient (Wildman–Crippen LogP) is 0.604. The maximum atomic E-state index is 12.7. The van der Waals surface area contributed by atoms with Crippen LogP contribution in [0.5, 0.6) is 0 Å². The molecule has 20 heavy (non-hydrogen) atoms. The summed E-state index contributed by atoms with van der Waals surface area (Å²) in [6, 6.07) is -0.393. The highest BCUT2D eigenvalue weighted by atomic mass is 16.5. The highest BCUT2D eigenvalue weighted by Gasteiger charge is 2.46. The predicted molar refractivity (Wildman–Crippen MR) is 71.2 cm³/mol. The summed E-state index contributed by atoms with van der Waals surface area (Å²) in [6.45, 7) is 6.32. The SMILES string of the molecule is CC1OC(C)C(C(=O)N(C)C2COCC2C(=O)O)C1C. The molecule has 0 aromatic carbocycles. The minimum absolute atomic E-state index is 0.0439. The lowest BCUT2D eigenvalue weighted by molar-refractivity contribution is -0.146. The summed E-state index contributed by atoms with van der Waals surface area (Å²) in [5.74, 6) is -1.69. The van der Waals surface area contributed by atoms with Gasteiger partial charge in [-0.3, -0.25) is 9.59 Å². The van der Waals surface area contributed by atoms with Gasteiger partial charge in [0, 0.05) is 7.05 Å². The molecular weight excluding hydrogens is 262 g/mol. The van der Waals surface area contributed by atoms with E-state index in [0.717, 1.165) is 0 Å². The molecular formula is C14H23NO5. The Labute approximate surface area is 119 Å². The minimum Gasteiger partial charge on any atom is -0.481 e. The molecule has 1 N–H and O–H groups in total. The van der Waals surface area contributed by atoms with Gasteiger partial charge in [-0.2, -0.15) is 0 Å². The largest absolute Gasteiger partial charge is 0.481 e. The number of amides is 1. The third-order valence-corrected chi connectivity index (χ3v) is 4.74. The van der Waals surface area contributed by atoms with Crippen molar-refractivity contribution in [3.63, 3.8) is 0 Å². The van der Waals surface area contributed by atoms with Gasteiger partial charge in [0.1, 0.15) is 5.92 Å². The standard InChI is InChI=1S/C14H23NO5/c1-7-8(2)20-9(3)12(7)13(16)15(4)11-6-19-5-10(11)14(17)18/h7-12H,5-6H2,1-4H3,(H,17,18). The Kier molecular flexibility index (Phi) is 4.34. The number of hydrogen-bond acceptors (Lipinski definition) is 4. The van der Waals surface area contributed by atoms with Crippen molar-refractivity contribution in [3.05, 3.63) is 0 Å². The highest BCUT2D eigenvalue weighted by Crippen LogP contribution is 2.34. The van der Waals surface area contributed by atoms with Crippen molar-refractivity contribution in [1.82, 2.24) is 4.90 Å². The van der Waals surface area contributed by atoms with Crippen LogP contribution in [0.4, 0.5) is 0 Å². The molecule has 6 nitrogen and oxygen atoms in total. The van der Waals surface area contributed by atoms with Crippen LogP contribution in [0.25, 0.3) is 0 Å². The third-order valence-electron chi connectivity index (χ3n) is 4.74. The van der Waals surface area contributed by atoms with Gasteiger partial charge in [0.2, 0.25) is 5.91 Å². The average molecular weight is 285 g/mol. The zero-order valence-corrected chi connectivity index (χ0v) is 12.4. The van der Waals surface area contributed by atoms with E-state index in [2.05, 4.69) is 0 Å². The van der Waals surface area contributed by atoms with E-state index < -0.39 is 17.9 Å². The summed E-state index contributed by atoms with van der Waals surface area (Å²) in [6.07, 6.45) is -0.0944. The summed E-state index contributed by atoms with van der Waals surface area (Å²) < 4.78 is 10.9. The smallest absolute Gasteiger partial charge is 0.311 e. The van der Waals surface area contributed by atoms with E-state index in [4.69, 9.17) is 9.47 Å². The lowest BCUT2D eigenvalue weighted by atomic mass is 9.87. The molecule has 0 radical (unpaired) electrons. The highest BCUT2D eigenvalue weighted by molar-refractivity contribution is 5.81. The van der Waals surface area contributed by atoms with Crippen molar-refractivity contribution in [2.45, 2.75) is 39.0 Å². The van der Waals surface area contributed by atoms with Crippen LogP contribution in [0.1, 0.15) is 20.8 Å². The number of aliphatic carboxylic acids is 1. The first-order valence-corrected chi connectivity index (χ1v) is 7.07. The number of carboxylic acids is 1. The van der Waals surface area contributed by atoms with Crippen LogP contribution in [0.3, 0.4) is 0 Å². The fourth-order valence-electron chi connectivity index (χ4n) is 3.25. The number of carboxylic acid groups (broad SMARTS) is 1. The molecule has 0 aromatic rings. The second-order valence-corrected chi connectivity index (χ2v) is 5.93. The van der Waals surface area contributed by atoms with Crippen LogP contribution < -0.4 is 0 Å². The maximum Gasteiger partial charge on any atom is 0.311 e. The number of ether oxygens (including phenoxy) is 2. The van der Waals surface area contributed by atoms with E-state index in [1.807, 2.05) is 20.8 Å². The number of likely N-dealkylation sites (N-methyl/N-ethyl adjacent to an activating group) is 1. The lowest BCUT2D eigenvalue weighted by Crippen LogP contribution is -2.48. The Morgan fingerprint density at radius 3 is 2.30 bits per heavy atom. The fourth-order valence-corrected chi connectivity index (χ4v) is 3.25. The van der Waals surface area contributed by atoms with E-state index in [9.17, 15) is 14.7 Å². The minimum atomic E-state index is -0.913. The van der Waals surface area contributed by atoms with Crippen LogP contribution in [-0.4, -0.2) is 60.4 Å². The zero-order chi connectivity index (χ0) is 15.0. The van der Waals surface area contributed by atoms with E-state index in [1.54, 1.807) is 11.9 Å². The molecule has 2 rings (SSSR count). The Morgan fingerprint density at radius 2 is 1.80 bits per heavy atom. The van der Waals surface area contributed by atoms with Crippen molar-refractivity contribution in [3.8, 4) is 0 Å². The van der Waals surface area contributed by atoms with Gasteiger partial charge in [-0.05, 0) is 19.8 Å². The Hall–Kier alpha value is -1.14. The molecule has 2 fully saturated rings. The van der Waals surface area contributed by atoms with Crippen molar-refractivity contribution in [2.24, 2.45) is 17.8 Å². The normalized spacial score (nSPS) is 40.8. The van der Waals surface area contributed by atoms with Crippen LogP contribution >= 0.6 is 0 Å². The zero-order valence-electron chi connectivity index (χ0n) is 12.4. The second kappa shape index (κ2) is 5.69. The lowest BCUT2D eigenvalue weighted by Gasteiger charge is -2.30. The summed E-state index contributed by atoms with van der Waals surface area (Å²) in [7, 11) is 1.67. The molecule has 0 spiro atoms. The topological polar surface area (TPSA) is 76.1 Å². The van der Waals surface area contributed by atoms with Gasteiger partial charge in [-0.15, -0.1) is 0 Å². The van der Waals surface area contributed by atoms with Crippen LogP contribution in [-0.2, 0) is 19.1 Å². The molecule has 0 aromatic heterocycles. The quantitative estimate of drug-likeness (QED) is 0.822. The first kappa shape index (κ1) is 15.3. The number of hydrogen-bond donors (Lipinski definition) is 1. The summed E-state index contributed by atoms with van der Waals surface area (Å²) in [4.78, 5) is 25.4.